The quantitative estimate of drug-likeness (QED) is 0.746. The minimum Gasteiger partial charge on any atom is -0.319 e. The van der Waals surface area contributed by atoms with Gasteiger partial charge in [-0.15, -0.1) is 0 Å². The Hall–Kier alpha value is -0.860. The standard InChI is InChI=1S/C19H30N2/c1-15(11-20-2)19-9-7-18(8-10-19)14-21(12-16-3-4-16)13-17-5-6-17/h7-10,15-17,20H,3-6,11-14H2,1-2H3. The van der Waals surface area contributed by atoms with Gasteiger partial charge in [0, 0.05) is 26.2 Å². The van der Waals surface area contributed by atoms with Gasteiger partial charge in [0.1, 0.15) is 0 Å². The first-order valence-corrected chi connectivity index (χ1v) is 8.70. The van der Waals surface area contributed by atoms with E-state index in [1.807, 2.05) is 7.05 Å². The molecule has 0 aliphatic heterocycles. The van der Waals surface area contributed by atoms with Crippen LogP contribution >= 0.6 is 0 Å². The van der Waals surface area contributed by atoms with Crippen LogP contribution in [0.2, 0.25) is 0 Å². The van der Waals surface area contributed by atoms with E-state index in [2.05, 4.69) is 41.4 Å². The number of benzene rings is 1. The number of hydrogen-bond donors (Lipinski definition) is 1. The largest absolute Gasteiger partial charge is 0.319 e. The number of rotatable bonds is 9. The number of nitrogens with one attached hydrogen (secondary N) is 1. The molecule has 3 rings (SSSR count). The lowest BCUT2D eigenvalue weighted by atomic mass is 9.99. The van der Waals surface area contributed by atoms with Gasteiger partial charge in [-0.25, -0.2) is 0 Å². The summed E-state index contributed by atoms with van der Waals surface area (Å²) in [5, 5.41) is 3.26. The molecule has 1 unspecified atom stereocenters. The third-order valence-electron chi connectivity index (χ3n) is 4.89. The monoisotopic (exact) mass is 286 g/mol. The number of hydrogen-bond acceptors (Lipinski definition) is 2. The zero-order chi connectivity index (χ0) is 14.7. The molecular formula is C19H30N2. The summed E-state index contributed by atoms with van der Waals surface area (Å²) >= 11 is 0. The molecule has 0 heterocycles. The summed E-state index contributed by atoms with van der Waals surface area (Å²) in [4.78, 5) is 2.71. The minimum atomic E-state index is 0.595. The van der Waals surface area contributed by atoms with Gasteiger partial charge in [-0.05, 0) is 61.6 Å². The Kier molecular flexibility index (Phi) is 4.97. The Labute approximate surface area is 129 Å². The lowest BCUT2D eigenvalue weighted by Crippen LogP contribution is -2.27. The highest BCUT2D eigenvalue weighted by Crippen LogP contribution is 2.34. The predicted octanol–water partition coefficient (Wildman–Crippen LogP) is 3.63. The molecule has 0 saturated heterocycles. The maximum absolute atomic E-state index is 3.26. The highest BCUT2D eigenvalue weighted by atomic mass is 15.1. The zero-order valence-corrected chi connectivity index (χ0v) is 13.6. The molecule has 2 nitrogen and oxygen atoms in total. The minimum absolute atomic E-state index is 0.595. The highest BCUT2D eigenvalue weighted by molar-refractivity contribution is 5.25. The lowest BCUT2D eigenvalue weighted by molar-refractivity contribution is 0.244. The second-order valence-electron chi connectivity index (χ2n) is 7.28. The van der Waals surface area contributed by atoms with Crippen LogP contribution in [0.1, 0.15) is 49.7 Å². The van der Waals surface area contributed by atoms with Crippen molar-refractivity contribution in [2.75, 3.05) is 26.7 Å². The van der Waals surface area contributed by atoms with Crippen molar-refractivity contribution in [1.29, 1.82) is 0 Å². The van der Waals surface area contributed by atoms with Crippen molar-refractivity contribution in [2.45, 2.75) is 45.1 Å². The maximum Gasteiger partial charge on any atom is 0.0233 e. The Bertz CT molecular complexity index is 417. The predicted molar refractivity (Wildman–Crippen MR) is 89.5 cm³/mol. The fourth-order valence-electron chi connectivity index (χ4n) is 3.17. The Balaban J connectivity index is 1.56. The highest BCUT2D eigenvalue weighted by Gasteiger charge is 2.29. The van der Waals surface area contributed by atoms with Gasteiger partial charge >= 0.3 is 0 Å². The van der Waals surface area contributed by atoms with Crippen molar-refractivity contribution in [1.82, 2.24) is 10.2 Å². The van der Waals surface area contributed by atoms with Crippen LogP contribution in [0, 0.1) is 11.8 Å². The van der Waals surface area contributed by atoms with Crippen LogP contribution in [0.3, 0.4) is 0 Å². The van der Waals surface area contributed by atoms with Crippen molar-refractivity contribution in [2.24, 2.45) is 11.8 Å². The summed E-state index contributed by atoms with van der Waals surface area (Å²) in [5.41, 5.74) is 2.93. The number of likely N-dealkylation sites (N-methyl/N-ethyl adjacent to an activating group) is 1. The second-order valence-corrected chi connectivity index (χ2v) is 7.28. The van der Waals surface area contributed by atoms with E-state index in [9.17, 15) is 0 Å². The molecule has 2 saturated carbocycles. The molecule has 2 aliphatic carbocycles. The zero-order valence-electron chi connectivity index (χ0n) is 13.6. The topological polar surface area (TPSA) is 15.3 Å². The Morgan fingerprint density at radius 1 is 1.05 bits per heavy atom. The van der Waals surface area contributed by atoms with Gasteiger partial charge in [0.25, 0.3) is 0 Å². The van der Waals surface area contributed by atoms with E-state index in [1.54, 1.807) is 0 Å². The summed E-state index contributed by atoms with van der Waals surface area (Å²) in [5.74, 6) is 2.59. The summed E-state index contributed by atoms with van der Waals surface area (Å²) in [6.45, 7) is 7.14. The summed E-state index contributed by atoms with van der Waals surface area (Å²) in [6.07, 6.45) is 5.84. The normalized spacial score (nSPS) is 20.0. The molecule has 0 spiro atoms. The van der Waals surface area contributed by atoms with Crippen molar-refractivity contribution in [3.8, 4) is 0 Å². The molecule has 0 aromatic heterocycles. The van der Waals surface area contributed by atoms with E-state index in [0.29, 0.717) is 5.92 Å². The van der Waals surface area contributed by atoms with Gasteiger partial charge in [-0.3, -0.25) is 4.90 Å². The van der Waals surface area contributed by atoms with Crippen LogP contribution in [0.15, 0.2) is 24.3 Å². The van der Waals surface area contributed by atoms with Crippen LogP contribution < -0.4 is 5.32 Å². The third-order valence-corrected chi connectivity index (χ3v) is 4.89. The molecule has 1 aromatic carbocycles. The first-order valence-electron chi connectivity index (χ1n) is 8.70. The van der Waals surface area contributed by atoms with Crippen molar-refractivity contribution < 1.29 is 0 Å². The maximum atomic E-state index is 3.26. The molecule has 1 atom stereocenters. The van der Waals surface area contributed by atoms with E-state index in [4.69, 9.17) is 0 Å². The molecule has 1 aromatic rings. The second kappa shape index (κ2) is 6.93. The first kappa shape index (κ1) is 15.1. The van der Waals surface area contributed by atoms with Gasteiger partial charge in [0.2, 0.25) is 0 Å². The van der Waals surface area contributed by atoms with Gasteiger partial charge in [0.15, 0.2) is 0 Å². The smallest absolute Gasteiger partial charge is 0.0233 e. The lowest BCUT2D eigenvalue weighted by Gasteiger charge is -2.22. The van der Waals surface area contributed by atoms with Crippen LogP contribution in [0.4, 0.5) is 0 Å². The van der Waals surface area contributed by atoms with Gasteiger partial charge in [0.05, 0.1) is 0 Å². The van der Waals surface area contributed by atoms with Crippen molar-refractivity contribution >= 4 is 0 Å². The first-order chi connectivity index (χ1) is 10.2. The van der Waals surface area contributed by atoms with E-state index >= 15 is 0 Å². The molecule has 116 valence electrons. The average Bonchev–Trinajstić information content (AvgIpc) is 3.36. The fourth-order valence-corrected chi connectivity index (χ4v) is 3.17. The number of nitrogens with zero attached hydrogens (tertiary/aromatic N) is 1. The van der Waals surface area contributed by atoms with Gasteiger partial charge < -0.3 is 5.32 Å². The van der Waals surface area contributed by atoms with Gasteiger partial charge in [-0.2, -0.15) is 0 Å². The molecule has 2 fully saturated rings. The Morgan fingerprint density at radius 3 is 2.10 bits per heavy atom. The van der Waals surface area contributed by atoms with Crippen LogP contribution in [-0.2, 0) is 6.54 Å². The van der Waals surface area contributed by atoms with Crippen LogP contribution in [-0.4, -0.2) is 31.6 Å². The van der Waals surface area contributed by atoms with E-state index in [0.717, 1.165) is 24.9 Å². The van der Waals surface area contributed by atoms with E-state index in [-0.39, 0.29) is 0 Å². The van der Waals surface area contributed by atoms with Crippen LogP contribution in [0.5, 0.6) is 0 Å². The molecule has 0 radical (unpaired) electrons. The molecule has 21 heavy (non-hydrogen) atoms. The van der Waals surface area contributed by atoms with E-state index < -0.39 is 0 Å². The molecule has 0 amide bonds. The van der Waals surface area contributed by atoms with Crippen molar-refractivity contribution in [3.63, 3.8) is 0 Å². The van der Waals surface area contributed by atoms with Gasteiger partial charge in [-0.1, -0.05) is 31.2 Å². The molecular weight excluding hydrogens is 256 g/mol. The fraction of sp³-hybridized carbons (Fsp3) is 0.684. The van der Waals surface area contributed by atoms with Crippen LogP contribution in [0.25, 0.3) is 0 Å². The van der Waals surface area contributed by atoms with E-state index in [1.165, 1.54) is 49.9 Å². The molecule has 2 heteroatoms. The summed E-state index contributed by atoms with van der Waals surface area (Å²) in [7, 11) is 2.03. The molecule has 1 N–H and O–H groups in total. The Morgan fingerprint density at radius 2 is 1.62 bits per heavy atom. The summed E-state index contributed by atoms with van der Waals surface area (Å²) < 4.78 is 0. The third kappa shape index (κ3) is 4.82. The average molecular weight is 286 g/mol. The SMILES string of the molecule is CNCC(C)c1ccc(CN(CC2CC2)CC2CC2)cc1. The molecule has 0 bridgehead atoms. The summed E-state index contributed by atoms with van der Waals surface area (Å²) in [6, 6.07) is 9.33. The molecule has 2 aliphatic rings. The van der Waals surface area contributed by atoms with Crippen molar-refractivity contribution in [3.05, 3.63) is 35.4 Å².